The van der Waals surface area contributed by atoms with Crippen molar-refractivity contribution in [2.45, 2.75) is 31.9 Å². The van der Waals surface area contributed by atoms with Crippen LogP contribution in [0.15, 0.2) is 0 Å². The molecule has 0 radical (unpaired) electrons. The quantitative estimate of drug-likeness (QED) is 0.565. The normalized spacial score (nSPS) is 53.1. The molecule has 2 nitrogen and oxygen atoms in total. The minimum Gasteiger partial charge on any atom is -0.393 e. The van der Waals surface area contributed by atoms with Crippen LogP contribution in [0.1, 0.15) is 20.3 Å². The van der Waals surface area contributed by atoms with Crippen LogP contribution in [-0.2, 0) is 0 Å². The smallest absolute Gasteiger partial charge is 0.0559 e. The first-order valence-corrected chi connectivity index (χ1v) is 4.14. The molecule has 0 aromatic rings. The number of aliphatic hydroxyl groups excluding tert-OH is 1. The second kappa shape index (κ2) is 1.74. The predicted molar refractivity (Wildman–Crippen MR) is 39.8 cm³/mol. The minimum atomic E-state index is -0.0865. The molecule has 1 spiro atoms. The largest absolute Gasteiger partial charge is 0.393 e. The first-order chi connectivity index (χ1) is 4.70. The van der Waals surface area contributed by atoms with Gasteiger partial charge in [0.15, 0.2) is 0 Å². The molecule has 0 aromatic heterocycles. The van der Waals surface area contributed by atoms with Crippen LogP contribution < -0.4 is 0 Å². The van der Waals surface area contributed by atoms with E-state index < -0.39 is 0 Å². The summed E-state index contributed by atoms with van der Waals surface area (Å²) in [5.41, 5.74) is 0.489. The van der Waals surface area contributed by atoms with Gasteiger partial charge in [-0.3, -0.25) is 4.90 Å². The third kappa shape index (κ3) is 0.663. The zero-order chi connectivity index (χ0) is 7.35. The van der Waals surface area contributed by atoms with E-state index >= 15 is 0 Å². The number of hydrogen-bond donors (Lipinski definition) is 1. The van der Waals surface area contributed by atoms with Gasteiger partial charge < -0.3 is 5.11 Å². The van der Waals surface area contributed by atoms with Gasteiger partial charge in [0.05, 0.1) is 6.10 Å². The van der Waals surface area contributed by atoms with Gasteiger partial charge in [-0.2, -0.15) is 0 Å². The fourth-order valence-corrected chi connectivity index (χ4v) is 2.21. The molecule has 1 saturated heterocycles. The first-order valence-electron chi connectivity index (χ1n) is 4.14. The Morgan fingerprint density at radius 1 is 1.80 bits per heavy atom. The summed E-state index contributed by atoms with van der Waals surface area (Å²) >= 11 is 0. The topological polar surface area (TPSA) is 23.2 Å². The first kappa shape index (κ1) is 6.62. The highest BCUT2D eigenvalue weighted by Crippen LogP contribution is 2.60. The molecule has 0 amide bonds. The van der Waals surface area contributed by atoms with Crippen LogP contribution in [0, 0.1) is 5.92 Å². The van der Waals surface area contributed by atoms with Crippen molar-refractivity contribution in [1.82, 2.24) is 4.90 Å². The second-order valence-corrected chi connectivity index (χ2v) is 3.67. The zero-order valence-electron chi connectivity index (χ0n) is 6.67. The SMILES string of the molecule is CCN1CC12CC2C(C)O. The summed E-state index contributed by atoms with van der Waals surface area (Å²) in [7, 11) is 0. The summed E-state index contributed by atoms with van der Waals surface area (Å²) in [6.45, 7) is 6.49. The van der Waals surface area contributed by atoms with Gasteiger partial charge in [0, 0.05) is 18.0 Å². The molecule has 0 aromatic carbocycles. The number of likely N-dealkylation sites (N-methyl/N-ethyl adjacent to an activating group) is 1. The van der Waals surface area contributed by atoms with Crippen molar-refractivity contribution >= 4 is 0 Å². The van der Waals surface area contributed by atoms with E-state index in [0.29, 0.717) is 11.5 Å². The standard InChI is InChI=1S/C8H15NO/c1-3-9-5-8(9)4-7(8)6(2)10/h6-7,10H,3-5H2,1-2H3. The average molecular weight is 141 g/mol. The maximum atomic E-state index is 9.25. The maximum Gasteiger partial charge on any atom is 0.0559 e. The van der Waals surface area contributed by atoms with Crippen molar-refractivity contribution in [3.05, 3.63) is 0 Å². The lowest BCUT2D eigenvalue weighted by Crippen LogP contribution is -2.11. The van der Waals surface area contributed by atoms with Crippen LogP contribution in [0.5, 0.6) is 0 Å². The van der Waals surface area contributed by atoms with Crippen LogP contribution in [0.4, 0.5) is 0 Å². The summed E-state index contributed by atoms with van der Waals surface area (Å²) < 4.78 is 0. The molecule has 1 N–H and O–H groups in total. The molecule has 0 bridgehead atoms. The van der Waals surface area contributed by atoms with E-state index in [1.54, 1.807) is 0 Å². The van der Waals surface area contributed by atoms with Gasteiger partial charge in [-0.25, -0.2) is 0 Å². The van der Waals surface area contributed by atoms with Crippen LogP contribution in [-0.4, -0.2) is 34.7 Å². The molecular formula is C8H15NO. The third-order valence-corrected chi connectivity index (χ3v) is 3.06. The van der Waals surface area contributed by atoms with Crippen molar-refractivity contribution in [3.8, 4) is 0 Å². The molecule has 58 valence electrons. The Balaban J connectivity index is 1.91. The number of hydrogen-bond acceptors (Lipinski definition) is 2. The molecule has 1 aliphatic carbocycles. The van der Waals surface area contributed by atoms with Gasteiger partial charge in [-0.15, -0.1) is 0 Å². The highest BCUT2D eigenvalue weighted by atomic mass is 16.3. The Hall–Kier alpha value is -0.0800. The number of nitrogens with zero attached hydrogens (tertiary/aromatic N) is 1. The predicted octanol–water partition coefficient (Wildman–Crippen LogP) is 0.461. The van der Waals surface area contributed by atoms with E-state index in [1.165, 1.54) is 13.0 Å². The van der Waals surface area contributed by atoms with E-state index in [4.69, 9.17) is 0 Å². The fourth-order valence-electron chi connectivity index (χ4n) is 2.21. The van der Waals surface area contributed by atoms with Crippen molar-refractivity contribution in [2.24, 2.45) is 5.92 Å². The number of aliphatic hydroxyl groups is 1. The van der Waals surface area contributed by atoms with Crippen molar-refractivity contribution in [1.29, 1.82) is 0 Å². The molecule has 10 heavy (non-hydrogen) atoms. The summed E-state index contributed by atoms with van der Waals surface area (Å²) in [5.74, 6) is 0.590. The third-order valence-electron chi connectivity index (χ3n) is 3.06. The molecule has 4 unspecified atom stereocenters. The maximum absolute atomic E-state index is 9.25. The Labute approximate surface area is 61.8 Å². The minimum absolute atomic E-state index is 0.0865. The highest BCUT2D eigenvalue weighted by molar-refractivity contribution is 5.25. The Bertz CT molecular complexity index is 157. The van der Waals surface area contributed by atoms with Crippen LogP contribution >= 0.6 is 0 Å². The molecule has 4 atom stereocenters. The summed E-state index contributed by atoms with van der Waals surface area (Å²) in [6.07, 6.45) is 1.15. The fraction of sp³-hybridized carbons (Fsp3) is 1.00. The highest BCUT2D eigenvalue weighted by Gasteiger charge is 2.69. The average Bonchev–Trinajstić information content (AvgIpc) is 2.73. The van der Waals surface area contributed by atoms with E-state index in [9.17, 15) is 5.11 Å². The lowest BCUT2D eigenvalue weighted by Gasteiger charge is -2.00. The summed E-state index contributed by atoms with van der Waals surface area (Å²) in [5, 5.41) is 9.25. The molecule has 2 heteroatoms. The van der Waals surface area contributed by atoms with Crippen LogP contribution in [0.2, 0.25) is 0 Å². The Morgan fingerprint density at radius 3 is 2.80 bits per heavy atom. The van der Waals surface area contributed by atoms with Crippen LogP contribution in [0.3, 0.4) is 0 Å². The van der Waals surface area contributed by atoms with Gasteiger partial charge in [0.25, 0.3) is 0 Å². The lowest BCUT2D eigenvalue weighted by molar-refractivity contribution is 0.163. The van der Waals surface area contributed by atoms with Gasteiger partial charge in [-0.1, -0.05) is 6.92 Å². The van der Waals surface area contributed by atoms with Gasteiger partial charge in [0.2, 0.25) is 0 Å². The Morgan fingerprint density at radius 2 is 2.50 bits per heavy atom. The monoisotopic (exact) mass is 141 g/mol. The number of rotatable bonds is 2. The second-order valence-electron chi connectivity index (χ2n) is 3.67. The molecule has 2 aliphatic rings. The van der Waals surface area contributed by atoms with Gasteiger partial charge in [-0.05, 0) is 19.9 Å². The van der Waals surface area contributed by atoms with Crippen LogP contribution in [0.25, 0.3) is 0 Å². The molecule has 2 fully saturated rings. The van der Waals surface area contributed by atoms with Gasteiger partial charge >= 0.3 is 0 Å². The molecule has 1 saturated carbocycles. The van der Waals surface area contributed by atoms with Crippen molar-refractivity contribution in [2.75, 3.05) is 13.1 Å². The van der Waals surface area contributed by atoms with E-state index in [0.717, 1.165) is 6.54 Å². The zero-order valence-corrected chi connectivity index (χ0v) is 6.67. The molecular weight excluding hydrogens is 126 g/mol. The molecule has 2 rings (SSSR count). The summed E-state index contributed by atoms with van der Waals surface area (Å²) in [6, 6.07) is 0. The van der Waals surface area contributed by atoms with E-state index in [-0.39, 0.29) is 6.10 Å². The summed E-state index contributed by atoms with van der Waals surface area (Å²) in [4.78, 5) is 2.45. The van der Waals surface area contributed by atoms with Crippen molar-refractivity contribution in [3.63, 3.8) is 0 Å². The van der Waals surface area contributed by atoms with Crippen molar-refractivity contribution < 1.29 is 5.11 Å². The molecule has 1 aliphatic heterocycles. The lowest BCUT2D eigenvalue weighted by atomic mass is 10.2. The Kier molecular flexibility index (Phi) is 1.15. The van der Waals surface area contributed by atoms with Gasteiger partial charge in [0.1, 0.15) is 0 Å². The van der Waals surface area contributed by atoms with E-state index in [2.05, 4.69) is 11.8 Å². The molecule has 1 heterocycles. The van der Waals surface area contributed by atoms with E-state index in [1.807, 2.05) is 6.92 Å².